The summed E-state index contributed by atoms with van der Waals surface area (Å²) in [5, 5.41) is 9.35. The molecule has 7 nitrogen and oxygen atoms in total. The van der Waals surface area contributed by atoms with Crippen LogP contribution in [0.15, 0.2) is 30.5 Å². The normalized spacial score (nSPS) is 14.9. The molecule has 1 aliphatic rings. The van der Waals surface area contributed by atoms with Gasteiger partial charge in [0.15, 0.2) is 5.65 Å². The number of halogens is 1. The van der Waals surface area contributed by atoms with Crippen LogP contribution >= 0.6 is 11.6 Å². The number of nitrogens with zero attached hydrogens (tertiary/aromatic N) is 5. The molecule has 130 valence electrons. The number of fused-ring (bicyclic) bond motifs is 1. The van der Waals surface area contributed by atoms with Crippen LogP contribution < -0.4 is 10.2 Å². The number of aromatic nitrogens is 4. The molecule has 1 saturated heterocycles. The van der Waals surface area contributed by atoms with E-state index in [1.54, 1.807) is 10.9 Å². The SMILES string of the molecule is Cn1ncc2c(NCc3cccc(Cl)c3)nc(N3CCOCC3)nc21. The van der Waals surface area contributed by atoms with Crippen molar-refractivity contribution in [1.29, 1.82) is 0 Å². The Labute approximate surface area is 150 Å². The molecule has 1 N–H and O–H groups in total. The Morgan fingerprint density at radius 2 is 2.08 bits per heavy atom. The highest BCUT2D eigenvalue weighted by Gasteiger charge is 2.18. The third-order valence-corrected chi connectivity index (χ3v) is 4.46. The Hall–Kier alpha value is -2.38. The molecule has 0 atom stereocenters. The monoisotopic (exact) mass is 358 g/mol. The van der Waals surface area contributed by atoms with Gasteiger partial charge in [0, 0.05) is 31.7 Å². The van der Waals surface area contributed by atoms with Gasteiger partial charge in [0.2, 0.25) is 5.95 Å². The minimum absolute atomic E-state index is 0.629. The summed E-state index contributed by atoms with van der Waals surface area (Å²) in [7, 11) is 1.89. The van der Waals surface area contributed by atoms with Crippen molar-refractivity contribution in [3.8, 4) is 0 Å². The molecule has 3 heterocycles. The molecule has 1 aromatic carbocycles. The summed E-state index contributed by atoms with van der Waals surface area (Å²) >= 11 is 6.07. The molecular formula is C17H19ClN6O. The van der Waals surface area contributed by atoms with Crippen LogP contribution in [0, 0.1) is 0 Å². The molecule has 0 amide bonds. The maximum atomic E-state index is 6.07. The summed E-state index contributed by atoms with van der Waals surface area (Å²) in [5.74, 6) is 1.48. The third kappa shape index (κ3) is 3.38. The maximum Gasteiger partial charge on any atom is 0.229 e. The lowest BCUT2D eigenvalue weighted by atomic mass is 10.2. The number of hydrogen-bond donors (Lipinski definition) is 1. The molecule has 0 saturated carbocycles. The lowest BCUT2D eigenvalue weighted by Crippen LogP contribution is -2.37. The first kappa shape index (κ1) is 16.1. The number of aryl methyl sites for hydroxylation is 1. The van der Waals surface area contributed by atoms with E-state index in [9.17, 15) is 0 Å². The average molecular weight is 359 g/mol. The summed E-state index contributed by atoms with van der Waals surface area (Å²) in [6.07, 6.45) is 1.79. The highest BCUT2D eigenvalue weighted by molar-refractivity contribution is 6.30. The van der Waals surface area contributed by atoms with Crippen LogP contribution in [0.3, 0.4) is 0 Å². The molecule has 0 unspecified atom stereocenters. The van der Waals surface area contributed by atoms with E-state index >= 15 is 0 Å². The highest BCUT2D eigenvalue weighted by atomic mass is 35.5. The first-order valence-corrected chi connectivity index (χ1v) is 8.59. The zero-order valence-electron chi connectivity index (χ0n) is 13.9. The summed E-state index contributed by atoms with van der Waals surface area (Å²) in [6, 6.07) is 7.78. The number of benzene rings is 1. The van der Waals surface area contributed by atoms with Crippen molar-refractivity contribution in [2.24, 2.45) is 7.05 Å². The first-order valence-electron chi connectivity index (χ1n) is 8.21. The van der Waals surface area contributed by atoms with Gasteiger partial charge in [-0.3, -0.25) is 4.68 Å². The van der Waals surface area contributed by atoms with Gasteiger partial charge in [-0.1, -0.05) is 23.7 Å². The van der Waals surface area contributed by atoms with Crippen molar-refractivity contribution >= 4 is 34.4 Å². The van der Waals surface area contributed by atoms with Crippen LogP contribution in [0.1, 0.15) is 5.56 Å². The smallest absolute Gasteiger partial charge is 0.229 e. The fourth-order valence-corrected chi connectivity index (χ4v) is 3.10. The Morgan fingerprint density at radius 3 is 2.88 bits per heavy atom. The van der Waals surface area contributed by atoms with Gasteiger partial charge in [-0.25, -0.2) is 0 Å². The quantitative estimate of drug-likeness (QED) is 0.772. The van der Waals surface area contributed by atoms with Gasteiger partial charge in [0.05, 0.1) is 24.8 Å². The first-order chi connectivity index (χ1) is 12.2. The van der Waals surface area contributed by atoms with E-state index in [1.165, 1.54) is 0 Å². The van der Waals surface area contributed by atoms with Gasteiger partial charge in [-0.05, 0) is 17.7 Å². The molecule has 0 radical (unpaired) electrons. The molecule has 0 aliphatic carbocycles. The summed E-state index contributed by atoms with van der Waals surface area (Å²) < 4.78 is 7.19. The summed E-state index contributed by atoms with van der Waals surface area (Å²) in [4.78, 5) is 11.6. The molecule has 0 bridgehead atoms. The second-order valence-electron chi connectivity index (χ2n) is 5.96. The van der Waals surface area contributed by atoms with Crippen LogP contribution in [-0.2, 0) is 18.3 Å². The van der Waals surface area contributed by atoms with Gasteiger partial charge >= 0.3 is 0 Å². The number of anilines is 2. The predicted molar refractivity (Wildman–Crippen MR) is 98.1 cm³/mol. The number of hydrogen-bond acceptors (Lipinski definition) is 6. The Balaban J connectivity index is 1.66. The minimum Gasteiger partial charge on any atom is -0.378 e. The zero-order valence-corrected chi connectivity index (χ0v) is 14.7. The van der Waals surface area contributed by atoms with Crippen molar-refractivity contribution in [1.82, 2.24) is 19.7 Å². The molecule has 1 aliphatic heterocycles. The van der Waals surface area contributed by atoms with Crippen LogP contribution in [0.25, 0.3) is 11.0 Å². The summed E-state index contributed by atoms with van der Waals surface area (Å²) in [6.45, 7) is 3.59. The van der Waals surface area contributed by atoms with Gasteiger partial charge in [0.1, 0.15) is 5.82 Å². The Bertz CT molecular complexity index is 890. The zero-order chi connectivity index (χ0) is 17.2. The van der Waals surface area contributed by atoms with Crippen molar-refractivity contribution < 1.29 is 4.74 Å². The second kappa shape index (κ2) is 6.85. The molecule has 8 heteroatoms. The van der Waals surface area contributed by atoms with Crippen molar-refractivity contribution in [3.05, 3.63) is 41.0 Å². The molecule has 1 fully saturated rings. The summed E-state index contributed by atoms with van der Waals surface area (Å²) in [5.41, 5.74) is 1.90. The van der Waals surface area contributed by atoms with E-state index in [0.717, 1.165) is 40.5 Å². The van der Waals surface area contributed by atoms with Crippen molar-refractivity contribution in [3.63, 3.8) is 0 Å². The van der Waals surface area contributed by atoms with Gasteiger partial charge < -0.3 is 15.0 Å². The largest absolute Gasteiger partial charge is 0.378 e. The minimum atomic E-state index is 0.629. The number of nitrogens with one attached hydrogen (secondary N) is 1. The van der Waals surface area contributed by atoms with Crippen LogP contribution in [0.4, 0.5) is 11.8 Å². The van der Waals surface area contributed by atoms with Crippen LogP contribution in [0.5, 0.6) is 0 Å². The fourth-order valence-electron chi connectivity index (χ4n) is 2.88. The Morgan fingerprint density at radius 1 is 1.24 bits per heavy atom. The molecular weight excluding hydrogens is 340 g/mol. The van der Waals surface area contributed by atoms with E-state index in [0.29, 0.717) is 25.7 Å². The second-order valence-corrected chi connectivity index (χ2v) is 6.40. The van der Waals surface area contributed by atoms with Crippen LogP contribution in [-0.4, -0.2) is 46.1 Å². The average Bonchev–Trinajstić information content (AvgIpc) is 3.02. The lowest BCUT2D eigenvalue weighted by Gasteiger charge is -2.27. The van der Waals surface area contributed by atoms with E-state index < -0.39 is 0 Å². The van der Waals surface area contributed by atoms with E-state index in [4.69, 9.17) is 21.3 Å². The van der Waals surface area contributed by atoms with E-state index in [2.05, 4.69) is 20.3 Å². The third-order valence-electron chi connectivity index (χ3n) is 4.22. The fraction of sp³-hybridized carbons (Fsp3) is 0.353. The molecule has 3 aromatic rings. The number of ether oxygens (including phenoxy) is 1. The van der Waals surface area contributed by atoms with Gasteiger partial charge in [-0.2, -0.15) is 15.1 Å². The predicted octanol–water partition coefficient (Wildman–Crippen LogP) is 2.47. The maximum absolute atomic E-state index is 6.07. The standard InChI is InChI=1S/C17H19ClN6O/c1-23-16-14(11-20-23)15(19-10-12-3-2-4-13(18)9-12)21-17(22-16)24-5-7-25-8-6-24/h2-4,9,11H,5-8,10H2,1H3,(H,19,21,22). The van der Waals surface area contributed by atoms with Crippen molar-refractivity contribution in [2.45, 2.75) is 6.54 Å². The highest BCUT2D eigenvalue weighted by Crippen LogP contribution is 2.24. The molecule has 25 heavy (non-hydrogen) atoms. The van der Waals surface area contributed by atoms with Gasteiger partial charge in [-0.15, -0.1) is 0 Å². The van der Waals surface area contributed by atoms with Crippen LogP contribution in [0.2, 0.25) is 5.02 Å². The van der Waals surface area contributed by atoms with E-state index in [1.807, 2.05) is 31.3 Å². The van der Waals surface area contributed by atoms with Gasteiger partial charge in [0.25, 0.3) is 0 Å². The number of rotatable bonds is 4. The number of morpholine rings is 1. The van der Waals surface area contributed by atoms with E-state index in [-0.39, 0.29) is 0 Å². The Kier molecular flexibility index (Phi) is 4.42. The lowest BCUT2D eigenvalue weighted by molar-refractivity contribution is 0.122. The van der Waals surface area contributed by atoms with Crippen molar-refractivity contribution in [2.75, 3.05) is 36.5 Å². The molecule has 2 aromatic heterocycles. The topological polar surface area (TPSA) is 68.1 Å². The molecule has 0 spiro atoms. The molecule has 4 rings (SSSR count).